The van der Waals surface area contributed by atoms with Gasteiger partial charge < -0.3 is 14.8 Å². The number of aromatic nitrogens is 2. The third-order valence-corrected chi connectivity index (χ3v) is 5.63. The minimum absolute atomic E-state index is 0.00478. The van der Waals surface area contributed by atoms with Crippen molar-refractivity contribution in [3.8, 4) is 0 Å². The van der Waals surface area contributed by atoms with Gasteiger partial charge >= 0.3 is 0 Å². The predicted octanol–water partition coefficient (Wildman–Crippen LogP) is 2.81. The molecular formula is C19H26N4OS. The Morgan fingerprint density at radius 3 is 2.76 bits per heavy atom. The van der Waals surface area contributed by atoms with Gasteiger partial charge in [0, 0.05) is 44.0 Å². The van der Waals surface area contributed by atoms with Crippen LogP contribution in [0.3, 0.4) is 0 Å². The molecule has 1 aliphatic rings. The van der Waals surface area contributed by atoms with Crippen LogP contribution in [0.15, 0.2) is 41.6 Å². The summed E-state index contributed by atoms with van der Waals surface area (Å²) in [5.74, 6) is 2.10. The van der Waals surface area contributed by atoms with Crippen molar-refractivity contribution < 1.29 is 4.79 Å². The van der Waals surface area contributed by atoms with Crippen LogP contribution in [0, 0.1) is 0 Å². The number of hydrogen-bond acceptors (Lipinski definition) is 4. The summed E-state index contributed by atoms with van der Waals surface area (Å²) in [4.78, 5) is 20.3. The van der Waals surface area contributed by atoms with Gasteiger partial charge in [-0.25, -0.2) is 4.98 Å². The molecule has 134 valence electrons. The molecule has 0 bridgehead atoms. The van der Waals surface area contributed by atoms with Crippen molar-refractivity contribution in [1.29, 1.82) is 0 Å². The SMILES string of the molecule is CC(C)c1ccc(SCC(=O)N2CCNCC2c2nccn2C)cc1. The molecule has 1 aliphatic heterocycles. The maximum absolute atomic E-state index is 12.8. The van der Waals surface area contributed by atoms with Crippen LogP contribution < -0.4 is 5.32 Å². The number of nitrogens with one attached hydrogen (secondary N) is 1. The fourth-order valence-corrected chi connectivity index (χ4v) is 3.89. The van der Waals surface area contributed by atoms with Crippen molar-refractivity contribution in [2.75, 3.05) is 25.4 Å². The van der Waals surface area contributed by atoms with E-state index in [0.717, 1.165) is 30.4 Å². The highest BCUT2D eigenvalue weighted by atomic mass is 32.2. The lowest BCUT2D eigenvalue weighted by molar-refractivity contribution is -0.131. The summed E-state index contributed by atoms with van der Waals surface area (Å²) in [6.45, 7) is 6.69. The molecule has 1 fully saturated rings. The zero-order valence-electron chi connectivity index (χ0n) is 15.1. The highest BCUT2D eigenvalue weighted by molar-refractivity contribution is 8.00. The molecule has 2 aromatic rings. The molecule has 1 amide bonds. The second-order valence-corrected chi connectivity index (χ2v) is 7.76. The fraction of sp³-hybridized carbons (Fsp3) is 0.474. The van der Waals surface area contributed by atoms with Crippen LogP contribution in [0.5, 0.6) is 0 Å². The summed E-state index contributed by atoms with van der Waals surface area (Å²) in [6, 6.07) is 8.53. The smallest absolute Gasteiger partial charge is 0.233 e. The number of hydrogen-bond donors (Lipinski definition) is 1. The van der Waals surface area contributed by atoms with E-state index >= 15 is 0 Å². The van der Waals surface area contributed by atoms with E-state index in [1.807, 2.05) is 22.7 Å². The molecule has 25 heavy (non-hydrogen) atoms. The molecule has 0 radical (unpaired) electrons. The molecule has 2 heterocycles. The number of aryl methyl sites for hydroxylation is 1. The maximum atomic E-state index is 12.8. The van der Waals surface area contributed by atoms with Gasteiger partial charge in [0.25, 0.3) is 0 Å². The monoisotopic (exact) mass is 358 g/mol. The number of thioether (sulfide) groups is 1. The Bertz CT molecular complexity index is 710. The molecule has 5 nitrogen and oxygen atoms in total. The Kier molecular flexibility index (Phi) is 5.81. The Balaban J connectivity index is 1.64. The summed E-state index contributed by atoms with van der Waals surface area (Å²) in [7, 11) is 1.98. The van der Waals surface area contributed by atoms with Gasteiger partial charge in [-0.05, 0) is 23.6 Å². The van der Waals surface area contributed by atoms with E-state index in [-0.39, 0.29) is 11.9 Å². The van der Waals surface area contributed by atoms with E-state index < -0.39 is 0 Å². The number of rotatable bonds is 5. The minimum Gasteiger partial charge on any atom is -0.336 e. The van der Waals surface area contributed by atoms with E-state index in [1.165, 1.54) is 5.56 Å². The topological polar surface area (TPSA) is 50.2 Å². The molecule has 3 rings (SSSR count). The van der Waals surface area contributed by atoms with Crippen LogP contribution >= 0.6 is 11.8 Å². The van der Waals surface area contributed by atoms with Gasteiger partial charge in [0.05, 0.1) is 5.75 Å². The normalized spacial score (nSPS) is 17.9. The van der Waals surface area contributed by atoms with E-state index in [2.05, 4.69) is 48.4 Å². The minimum atomic E-state index is 0.00478. The average Bonchev–Trinajstić information content (AvgIpc) is 3.06. The van der Waals surface area contributed by atoms with E-state index in [9.17, 15) is 4.79 Å². The summed E-state index contributed by atoms with van der Waals surface area (Å²) < 4.78 is 2.00. The summed E-state index contributed by atoms with van der Waals surface area (Å²) >= 11 is 1.61. The van der Waals surface area contributed by atoms with Crippen molar-refractivity contribution in [3.63, 3.8) is 0 Å². The lowest BCUT2D eigenvalue weighted by Crippen LogP contribution is -2.50. The molecule has 6 heteroatoms. The number of carbonyl (C=O) groups excluding carboxylic acids is 1. The number of piperazine rings is 1. The van der Waals surface area contributed by atoms with Gasteiger partial charge in [-0.15, -0.1) is 11.8 Å². The third-order valence-electron chi connectivity index (χ3n) is 4.63. The van der Waals surface area contributed by atoms with Gasteiger partial charge in [0.1, 0.15) is 11.9 Å². The van der Waals surface area contributed by atoms with Crippen LogP contribution in [0.25, 0.3) is 0 Å². The Labute approximate surface area is 153 Å². The van der Waals surface area contributed by atoms with Gasteiger partial charge in [-0.3, -0.25) is 4.79 Å². The molecule has 1 N–H and O–H groups in total. The summed E-state index contributed by atoms with van der Waals surface area (Å²) in [5.41, 5.74) is 1.33. The zero-order chi connectivity index (χ0) is 17.8. The first kappa shape index (κ1) is 18.0. The van der Waals surface area contributed by atoms with Crippen LogP contribution in [-0.2, 0) is 11.8 Å². The standard InChI is InChI=1S/C19H26N4OS/c1-14(2)15-4-6-16(7-5-15)25-13-18(24)23-11-8-20-12-17(23)19-21-9-10-22(19)3/h4-7,9-10,14,17,20H,8,11-13H2,1-3H3. The first-order valence-corrected chi connectivity index (χ1v) is 9.75. The zero-order valence-corrected chi connectivity index (χ0v) is 15.9. The number of nitrogens with zero attached hydrogens (tertiary/aromatic N) is 3. The Morgan fingerprint density at radius 1 is 1.36 bits per heavy atom. The van der Waals surface area contributed by atoms with Crippen molar-refractivity contribution in [2.24, 2.45) is 7.05 Å². The molecule has 0 aliphatic carbocycles. The van der Waals surface area contributed by atoms with Crippen molar-refractivity contribution in [3.05, 3.63) is 48.0 Å². The molecule has 1 saturated heterocycles. The first-order chi connectivity index (χ1) is 12.1. The van der Waals surface area contributed by atoms with Crippen molar-refractivity contribution in [2.45, 2.75) is 30.7 Å². The highest BCUT2D eigenvalue weighted by Gasteiger charge is 2.30. The van der Waals surface area contributed by atoms with E-state index in [4.69, 9.17) is 0 Å². The average molecular weight is 359 g/mol. The molecule has 1 aromatic heterocycles. The molecule has 1 unspecified atom stereocenters. The maximum Gasteiger partial charge on any atom is 0.233 e. The summed E-state index contributed by atoms with van der Waals surface area (Å²) in [6.07, 6.45) is 3.72. The number of benzene rings is 1. The molecule has 1 aromatic carbocycles. The largest absolute Gasteiger partial charge is 0.336 e. The quantitative estimate of drug-likeness (QED) is 0.835. The lowest BCUT2D eigenvalue weighted by atomic mass is 10.0. The molecule has 1 atom stereocenters. The van der Waals surface area contributed by atoms with Crippen LogP contribution in [-0.4, -0.2) is 45.7 Å². The van der Waals surface area contributed by atoms with Crippen LogP contribution in [0.4, 0.5) is 0 Å². The molecular weight excluding hydrogens is 332 g/mol. The van der Waals surface area contributed by atoms with Gasteiger partial charge in [-0.1, -0.05) is 26.0 Å². The summed E-state index contributed by atoms with van der Waals surface area (Å²) in [5, 5.41) is 3.37. The van der Waals surface area contributed by atoms with E-state index in [0.29, 0.717) is 11.7 Å². The van der Waals surface area contributed by atoms with Crippen molar-refractivity contribution in [1.82, 2.24) is 19.8 Å². The Hall–Kier alpha value is -1.79. The second-order valence-electron chi connectivity index (χ2n) is 6.72. The second kappa shape index (κ2) is 8.06. The lowest BCUT2D eigenvalue weighted by Gasteiger charge is -2.35. The van der Waals surface area contributed by atoms with Gasteiger partial charge in [-0.2, -0.15) is 0 Å². The molecule has 0 spiro atoms. The third kappa shape index (κ3) is 4.25. The van der Waals surface area contributed by atoms with E-state index in [1.54, 1.807) is 18.0 Å². The van der Waals surface area contributed by atoms with Crippen molar-refractivity contribution >= 4 is 17.7 Å². The highest BCUT2D eigenvalue weighted by Crippen LogP contribution is 2.25. The Morgan fingerprint density at radius 2 is 2.12 bits per heavy atom. The van der Waals surface area contributed by atoms with Gasteiger partial charge in [0.15, 0.2) is 0 Å². The number of carbonyl (C=O) groups is 1. The number of imidazole rings is 1. The fourth-order valence-electron chi connectivity index (χ4n) is 3.11. The first-order valence-electron chi connectivity index (χ1n) is 8.76. The van der Waals surface area contributed by atoms with Crippen LogP contribution in [0.1, 0.15) is 37.2 Å². The predicted molar refractivity (Wildman–Crippen MR) is 102 cm³/mol. The van der Waals surface area contributed by atoms with Gasteiger partial charge in [0.2, 0.25) is 5.91 Å². The number of amides is 1. The molecule has 0 saturated carbocycles. The van der Waals surface area contributed by atoms with Crippen LogP contribution in [0.2, 0.25) is 0 Å².